The number of nitrogens with one attached hydrogen (secondary N) is 1. The molecule has 4 atom stereocenters. The molecule has 0 bridgehead atoms. The van der Waals surface area contributed by atoms with Crippen LogP contribution in [-0.2, 0) is 25.7 Å². The number of para-hydroxylation sites is 1. The molecule has 31 heavy (non-hydrogen) atoms. The van der Waals surface area contributed by atoms with Crippen LogP contribution in [0.25, 0.3) is 0 Å². The van der Waals surface area contributed by atoms with Gasteiger partial charge in [0.15, 0.2) is 0 Å². The molecule has 8 nitrogen and oxygen atoms in total. The zero-order valence-electron chi connectivity index (χ0n) is 17.0. The largest absolute Gasteiger partial charge is 0.480 e. The minimum absolute atomic E-state index is 0.0309. The van der Waals surface area contributed by atoms with Crippen LogP contribution in [0.15, 0.2) is 48.8 Å². The third-order valence-electron chi connectivity index (χ3n) is 6.39. The summed E-state index contributed by atoms with van der Waals surface area (Å²) in [5.74, 6) is -3.94. The van der Waals surface area contributed by atoms with Crippen molar-refractivity contribution in [3.63, 3.8) is 0 Å². The highest BCUT2D eigenvalue weighted by atomic mass is 16.5. The molecule has 1 saturated carbocycles. The smallest absolute Gasteiger partial charge is 0.375 e. The van der Waals surface area contributed by atoms with Crippen molar-refractivity contribution in [1.29, 1.82) is 0 Å². The number of carboxylic acid groups (broad SMARTS) is 1. The lowest BCUT2D eigenvalue weighted by Gasteiger charge is -2.44. The maximum absolute atomic E-state index is 12.7. The first-order valence-corrected chi connectivity index (χ1v) is 10.4. The lowest BCUT2D eigenvalue weighted by molar-refractivity contribution is -0.157. The summed E-state index contributed by atoms with van der Waals surface area (Å²) >= 11 is 0. The van der Waals surface area contributed by atoms with E-state index in [2.05, 4.69) is 10.3 Å². The van der Waals surface area contributed by atoms with Gasteiger partial charge < -0.3 is 20.9 Å². The maximum atomic E-state index is 12.7. The molecule has 0 spiro atoms. The minimum Gasteiger partial charge on any atom is -0.480 e. The van der Waals surface area contributed by atoms with Crippen LogP contribution >= 0.6 is 0 Å². The number of carbonyl (C=O) groups excluding carboxylic acids is 2. The van der Waals surface area contributed by atoms with Gasteiger partial charge in [-0.15, -0.1) is 0 Å². The number of ketones is 1. The number of benzene rings is 1. The van der Waals surface area contributed by atoms with E-state index in [0.717, 1.165) is 30.5 Å². The summed E-state index contributed by atoms with van der Waals surface area (Å²) in [5, 5.41) is 13.6. The monoisotopic (exact) mass is 423 g/mol. The van der Waals surface area contributed by atoms with E-state index in [1.165, 1.54) is 0 Å². The fourth-order valence-corrected chi connectivity index (χ4v) is 4.92. The quantitative estimate of drug-likeness (QED) is 0.456. The first kappa shape index (κ1) is 21.0. The number of aromatic nitrogens is 1. The third-order valence-corrected chi connectivity index (χ3v) is 6.39. The molecule has 0 saturated heterocycles. The van der Waals surface area contributed by atoms with E-state index in [0.29, 0.717) is 5.56 Å². The van der Waals surface area contributed by atoms with Crippen LogP contribution in [-0.4, -0.2) is 39.4 Å². The molecule has 1 aromatic heterocycles. The molecule has 1 aliphatic carbocycles. The van der Waals surface area contributed by atoms with Crippen molar-refractivity contribution in [3.05, 3.63) is 59.9 Å². The Morgan fingerprint density at radius 1 is 1.16 bits per heavy atom. The van der Waals surface area contributed by atoms with Crippen molar-refractivity contribution in [2.75, 3.05) is 5.32 Å². The molecule has 1 aliphatic heterocycles. The molecule has 8 heteroatoms. The van der Waals surface area contributed by atoms with Crippen molar-refractivity contribution in [3.8, 4) is 0 Å². The van der Waals surface area contributed by atoms with Gasteiger partial charge in [0.25, 0.3) is 0 Å². The number of aliphatic carboxylic acids is 1. The fraction of sp³-hybridized carbons (Fsp3) is 0.391. The third kappa shape index (κ3) is 4.03. The highest BCUT2D eigenvalue weighted by molar-refractivity contribution is 6.34. The number of pyridine rings is 1. The molecular formula is C23H25N3O5. The number of hydrogen-bond acceptors (Lipinski definition) is 7. The molecule has 2 aliphatic rings. The van der Waals surface area contributed by atoms with Gasteiger partial charge in [-0.1, -0.05) is 24.6 Å². The Balaban J connectivity index is 1.57. The number of hydrogen-bond donors (Lipinski definition) is 3. The first-order chi connectivity index (χ1) is 14.9. The van der Waals surface area contributed by atoms with Crippen LogP contribution in [0.3, 0.4) is 0 Å². The molecule has 4 unspecified atom stereocenters. The summed E-state index contributed by atoms with van der Waals surface area (Å²) in [4.78, 5) is 41.3. The van der Waals surface area contributed by atoms with Crippen LogP contribution in [0.5, 0.6) is 0 Å². The van der Waals surface area contributed by atoms with E-state index in [4.69, 9.17) is 10.5 Å². The zero-order valence-corrected chi connectivity index (χ0v) is 17.0. The van der Waals surface area contributed by atoms with Gasteiger partial charge in [0, 0.05) is 36.5 Å². The van der Waals surface area contributed by atoms with Gasteiger partial charge in [-0.2, -0.15) is 0 Å². The van der Waals surface area contributed by atoms with Gasteiger partial charge in [0.1, 0.15) is 12.1 Å². The predicted molar refractivity (Wildman–Crippen MR) is 112 cm³/mol. The van der Waals surface area contributed by atoms with Crippen LogP contribution in [0.2, 0.25) is 0 Å². The van der Waals surface area contributed by atoms with Gasteiger partial charge in [0.05, 0.1) is 0 Å². The Bertz CT molecular complexity index is 996. The fourth-order valence-electron chi connectivity index (χ4n) is 4.92. The summed E-state index contributed by atoms with van der Waals surface area (Å²) in [7, 11) is 0. The number of nitrogens with zero attached hydrogens (tertiary/aromatic N) is 1. The summed E-state index contributed by atoms with van der Waals surface area (Å²) < 4.78 is 5.08. The molecule has 2 aromatic rings. The molecule has 2 heterocycles. The van der Waals surface area contributed by atoms with Gasteiger partial charge in [-0.3, -0.25) is 14.6 Å². The normalized spacial score (nSPS) is 23.6. The standard InChI is InChI=1S/C23H25N3O5/c24-23(22(29)30,12-19(27)21(28)31-13-14-8-10-25-11-9-14)20-15-4-1-2-6-17(15)26-18-7-3-5-16(18)20/h1-2,4,6,8-11,16,18,20,26H,3,5,7,12-13,24H2,(H,29,30). The summed E-state index contributed by atoms with van der Waals surface area (Å²) in [5.41, 5.74) is 6.83. The second-order valence-corrected chi connectivity index (χ2v) is 8.29. The van der Waals surface area contributed by atoms with E-state index >= 15 is 0 Å². The Kier molecular flexibility index (Phi) is 5.73. The number of nitrogens with two attached hydrogens (primary N) is 1. The Labute approximate surface area is 179 Å². The Morgan fingerprint density at radius 3 is 2.65 bits per heavy atom. The highest BCUT2D eigenvalue weighted by Crippen LogP contribution is 2.50. The van der Waals surface area contributed by atoms with Crippen LogP contribution < -0.4 is 11.1 Å². The molecule has 4 N–H and O–H groups in total. The molecular weight excluding hydrogens is 398 g/mol. The topological polar surface area (TPSA) is 132 Å². The van der Waals surface area contributed by atoms with E-state index in [1.807, 2.05) is 24.3 Å². The maximum Gasteiger partial charge on any atom is 0.375 e. The number of anilines is 1. The minimum atomic E-state index is -1.92. The van der Waals surface area contributed by atoms with Gasteiger partial charge in [-0.25, -0.2) is 4.79 Å². The second-order valence-electron chi connectivity index (χ2n) is 8.29. The molecule has 1 aromatic carbocycles. The van der Waals surface area contributed by atoms with Crippen LogP contribution in [0.1, 0.15) is 42.7 Å². The predicted octanol–water partition coefficient (Wildman–Crippen LogP) is 2.24. The number of esters is 1. The number of carboxylic acids is 1. The number of rotatable bonds is 7. The summed E-state index contributed by atoms with van der Waals surface area (Å²) in [6.45, 7) is -0.0986. The van der Waals surface area contributed by atoms with E-state index in [1.54, 1.807) is 24.5 Å². The Morgan fingerprint density at radius 2 is 1.90 bits per heavy atom. The molecule has 1 fully saturated rings. The molecule has 0 radical (unpaired) electrons. The molecule has 4 rings (SSSR count). The van der Waals surface area contributed by atoms with E-state index < -0.39 is 35.6 Å². The van der Waals surface area contributed by atoms with Gasteiger partial charge >= 0.3 is 11.9 Å². The number of carbonyl (C=O) groups is 3. The van der Waals surface area contributed by atoms with Crippen molar-refractivity contribution in [1.82, 2.24) is 4.98 Å². The Hall–Kier alpha value is -3.26. The van der Waals surface area contributed by atoms with Crippen molar-refractivity contribution >= 4 is 23.4 Å². The summed E-state index contributed by atoms with van der Waals surface area (Å²) in [6, 6.07) is 10.9. The SMILES string of the molecule is NC(CC(=O)C(=O)OCc1ccncc1)(C(=O)O)C1c2ccccc2NC2CCCC21. The molecule has 162 valence electrons. The average molecular weight is 423 g/mol. The van der Waals surface area contributed by atoms with E-state index in [-0.39, 0.29) is 18.6 Å². The van der Waals surface area contributed by atoms with Crippen molar-refractivity contribution in [2.45, 2.75) is 49.8 Å². The molecule has 0 amide bonds. The lowest BCUT2D eigenvalue weighted by Crippen LogP contribution is -2.59. The van der Waals surface area contributed by atoms with Gasteiger partial charge in [-0.05, 0) is 48.1 Å². The highest BCUT2D eigenvalue weighted by Gasteiger charge is 2.54. The summed E-state index contributed by atoms with van der Waals surface area (Å²) in [6.07, 6.45) is 5.14. The van der Waals surface area contributed by atoms with Crippen molar-refractivity contribution < 1.29 is 24.2 Å². The van der Waals surface area contributed by atoms with Crippen molar-refractivity contribution in [2.24, 2.45) is 11.7 Å². The zero-order chi connectivity index (χ0) is 22.0. The lowest BCUT2D eigenvalue weighted by atomic mass is 9.66. The average Bonchev–Trinajstić information content (AvgIpc) is 3.24. The van der Waals surface area contributed by atoms with Gasteiger partial charge in [0.2, 0.25) is 5.78 Å². The van der Waals surface area contributed by atoms with E-state index in [9.17, 15) is 19.5 Å². The number of fused-ring (bicyclic) bond motifs is 2. The van der Waals surface area contributed by atoms with Crippen LogP contribution in [0, 0.1) is 5.92 Å². The second kappa shape index (κ2) is 8.47. The number of ether oxygens (including phenoxy) is 1. The number of Topliss-reactive ketones (excluding diaryl/α,β-unsaturated/α-hetero) is 1. The van der Waals surface area contributed by atoms with Crippen LogP contribution in [0.4, 0.5) is 5.69 Å². The first-order valence-electron chi connectivity index (χ1n) is 10.4.